The van der Waals surface area contributed by atoms with Crippen molar-refractivity contribution in [3.63, 3.8) is 0 Å². The first-order valence-corrected chi connectivity index (χ1v) is 10.7. The van der Waals surface area contributed by atoms with E-state index in [1.54, 1.807) is 34.3 Å². The number of nitrogens with zero attached hydrogens (tertiary/aromatic N) is 3. The molecule has 0 saturated carbocycles. The zero-order valence-corrected chi connectivity index (χ0v) is 19.2. The third-order valence-corrected chi connectivity index (χ3v) is 7.17. The van der Waals surface area contributed by atoms with Gasteiger partial charge in [0.25, 0.3) is 0 Å². The summed E-state index contributed by atoms with van der Waals surface area (Å²) in [5.41, 5.74) is -2.40. The van der Waals surface area contributed by atoms with Crippen LogP contribution in [0.25, 0.3) is 0 Å². The highest BCUT2D eigenvalue weighted by Gasteiger charge is 2.63. The Morgan fingerprint density at radius 2 is 1.82 bits per heavy atom. The third kappa shape index (κ3) is 2.90. The Hall–Kier alpha value is -3.68. The average Bonchev–Trinajstić information content (AvgIpc) is 2.74. The Labute approximate surface area is 195 Å². The highest BCUT2D eigenvalue weighted by molar-refractivity contribution is 6.23. The number of anilines is 1. The van der Waals surface area contributed by atoms with Gasteiger partial charge < -0.3 is 25.3 Å². The van der Waals surface area contributed by atoms with Crippen LogP contribution in [0, 0.1) is 23.2 Å². The number of carbonyl (C=O) groups is 3. The molecule has 0 radical (unpaired) electrons. The molecule has 1 aromatic carbocycles. The van der Waals surface area contributed by atoms with Gasteiger partial charge in [-0.05, 0) is 50.6 Å². The molecule has 0 saturated heterocycles. The number of carbonyl (C=O) groups excluding carboxylic acids is 2. The lowest BCUT2D eigenvalue weighted by Crippen LogP contribution is -2.63. The lowest BCUT2D eigenvalue weighted by atomic mass is 9.58. The number of aliphatic carboxylic acids is 1. The first-order chi connectivity index (χ1) is 15.9. The van der Waals surface area contributed by atoms with Crippen molar-refractivity contribution in [2.45, 2.75) is 24.5 Å². The van der Waals surface area contributed by atoms with Gasteiger partial charge in [0.05, 0.1) is 17.7 Å². The molecular formula is C24H25N3O7. The van der Waals surface area contributed by atoms with Crippen LogP contribution in [0.15, 0.2) is 34.8 Å². The minimum absolute atomic E-state index is 0.0241. The molecular weight excluding hydrogens is 442 g/mol. The number of aliphatic hydroxyl groups is 3. The lowest BCUT2D eigenvalue weighted by Gasteiger charge is -2.50. The van der Waals surface area contributed by atoms with Crippen LogP contribution >= 0.6 is 0 Å². The van der Waals surface area contributed by atoms with E-state index in [1.807, 2.05) is 11.0 Å². The van der Waals surface area contributed by atoms with Gasteiger partial charge in [-0.25, -0.2) is 4.79 Å². The molecule has 0 spiro atoms. The number of fused-ring (bicyclic) bond motifs is 3. The molecule has 0 heterocycles. The van der Waals surface area contributed by atoms with E-state index < -0.39 is 58.1 Å². The van der Waals surface area contributed by atoms with Crippen molar-refractivity contribution in [1.82, 2.24) is 4.90 Å². The minimum atomic E-state index is -2.71. The van der Waals surface area contributed by atoms with Crippen LogP contribution in [-0.4, -0.2) is 82.7 Å². The number of benzene rings is 1. The number of likely N-dealkylation sites (N-methyl/N-ethyl adjacent to an activating group) is 1. The molecule has 3 aliphatic carbocycles. The van der Waals surface area contributed by atoms with E-state index in [4.69, 9.17) is 0 Å². The fraction of sp³-hybridized carbons (Fsp3) is 0.417. The Bertz CT molecular complexity index is 1250. The molecule has 1 aromatic rings. The highest BCUT2D eigenvalue weighted by Crippen LogP contribution is 2.52. The molecule has 10 nitrogen and oxygen atoms in total. The summed E-state index contributed by atoms with van der Waals surface area (Å²) in [5.74, 6) is -7.13. The van der Waals surface area contributed by atoms with Crippen LogP contribution < -0.4 is 4.90 Å². The first-order valence-electron chi connectivity index (χ1n) is 10.7. The van der Waals surface area contributed by atoms with Gasteiger partial charge in [-0.3, -0.25) is 14.5 Å². The van der Waals surface area contributed by atoms with Crippen LogP contribution in [-0.2, 0) is 16.0 Å². The molecule has 0 aromatic heterocycles. The van der Waals surface area contributed by atoms with Crippen molar-refractivity contribution in [2.75, 3.05) is 33.1 Å². The molecule has 10 heteroatoms. The Kier molecular flexibility index (Phi) is 5.31. The van der Waals surface area contributed by atoms with Gasteiger partial charge in [-0.1, -0.05) is 0 Å². The van der Waals surface area contributed by atoms with Crippen molar-refractivity contribution < 1.29 is 34.8 Å². The number of carboxylic acid groups (broad SMARTS) is 1. The molecule has 0 fully saturated rings. The monoisotopic (exact) mass is 467 g/mol. The summed E-state index contributed by atoms with van der Waals surface area (Å²) < 4.78 is 0. The number of allylic oxidation sites excluding steroid dienone is 1. The number of aliphatic hydroxyl groups excluding tert-OH is 2. The van der Waals surface area contributed by atoms with Gasteiger partial charge in [0.15, 0.2) is 11.4 Å². The number of Topliss-reactive ketones (excluding diaryl/α,β-unsaturated/α-hetero) is 2. The normalized spacial score (nSPS) is 28.3. The summed E-state index contributed by atoms with van der Waals surface area (Å²) in [4.78, 5) is 41.9. The van der Waals surface area contributed by atoms with Crippen molar-refractivity contribution in [2.24, 2.45) is 11.8 Å². The van der Waals surface area contributed by atoms with Crippen LogP contribution in [0.4, 0.5) is 5.69 Å². The molecule has 4 rings (SSSR count). The molecule has 0 amide bonds. The predicted molar refractivity (Wildman–Crippen MR) is 119 cm³/mol. The standard InChI is InChI=1S/C24H25N3O7/c1-26(2)14-6-5-10(9-25)15-12(14)7-11-8-13-18(27(3)4)20(29)17(23(32)33)22(31)24(13,34)21(30)16(11)19(15)28/h5-6,11,13,18,29-30,34H,7-8H2,1-4H3,(H,32,33)/t11-,13-,18-,24-/m0/s1. The number of rotatable bonds is 3. The third-order valence-electron chi connectivity index (χ3n) is 7.17. The van der Waals surface area contributed by atoms with Gasteiger partial charge in [-0.2, -0.15) is 5.26 Å². The maximum absolute atomic E-state index is 13.6. The quantitative estimate of drug-likeness (QED) is 0.471. The first kappa shape index (κ1) is 23.5. The molecule has 3 aliphatic rings. The largest absolute Gasteiger partial charge is 0.510 e. The summed E-state index contributed by atoms with van der Waals surface area (Å²) in [7, 11) is 6.70. The van der Waals surface area contributed by atoms with E-state index in [1.165, 1.54) is 11.0 Å². The van der Waals surface area contributed by atoms with Gasteiger partial charge in [0.1, 0.15) is 17.1 Å². The molecule has 0 bridgehead atoms. The van der Waals surface area contributed by atoms with Crippen LogP contribution in [0.3, 0.4) is 0 Å². The van der Waals surface area contributed by atoms with Gasteiger partial charge >= 0.3 is 5.97 Å². The van der Waals surface area contributed by atoms with E-state index in [0.29, 0.717) is 5.56 Å². The zero-order valence-electron chi connectivity index (χ0n) is 19.2. The topological polar surface area (TPSA) is 162 Å². The predicted octanol–water partition coefficient (Wildman–Crippen LogP) is 0.952. The van der Waals surface area contributed by atoms with Crippen LogP contribution in [0.2, 0.25) is 0 Å². The number of nitriles is 1. The van der Waals surface area contributed by atoms with Crippen LogP contribution in [0.1, 0.15) is 27.9 Å². The molecule has 178 valence electrons. The van der Waals surface area contributed by atoms with E-state index in [2.05, 4.69) is 0 Å². The summed E-state index contributed by atoms with van der Waals surface area (Å²) in [6.45, 7) is 0. The molecule has 0 aliphatic heterocycles. The maximum atomic E-state index is 13.6. The number of ketones is 2. The summed E-state index contributed by atoms with van der Waals surface area (Å²) in [6, 6.07) is 4.13. The van der Waals surface area contributed by atoms with E-state index in [9.17, 15) is 40.1 Å². The Balaban J connectivity index is 2.00. The second-order valence-electron chi connectivity index (χ2n) is 9.40. The average molecular weight is 467 g/mol. The zero-order chi connectivity index (χ0) is 25.3. The van der Waals surface area contributed by atoms with E-state index >= 15 is 0 Å². The molecule has 4 N–H and O–H groups in total. The van der Waals surface area contributed by atoms with Crippen molar-refractivity contribution in [1.29, 1.82) is 5.26 Å². The second-order valence-corrected chi connectivity index (χ2v) is 9.40. The van der Waals surface area contributed by atoms with Gasteiger partial charge in [0.2, 0.25) is 5.78 Å². The molecule has 34 heavy (non-hydrogen) atoms. The lowest BCUT2D eigenvalue weighted by molar-refractivity contribution is -0.151. The highest BCUT2D eigenvalue weighted by atomic mass is 16.4. The van der Waals surface area contributed by atoms with Crippen molar-refractivity contribution >= 4 is 23.2 Å². The number of carboxylic acids is 1. The summed E-state index contributed by atoms with van der Waals surface area (Å²) in [6.07, 6.45) is 0.275. The number of hydrogen-bond donors (Lipinski definition) is 4. The fourth-order valence-corrected chi connectivity index (χ4v) is 5.73. The number of hydrogen-bond acceptors (Lipinski definition) is 9. The second kappa shape index (κ2) is 7.68. The van der Waals surface area contributed by atoms with Gasteiger partial charge in [-0.15, -0.1) is 0 Å². The van der Waals surface area contributed by atoms with Gasteiger partial charge in [0, 0.05) is 36.8 Å². The fourth-order valence-electron chi connectivity index (χ4n) is 5.73. The Morgan fingerprint density at radius 3 is 2.35 bits per heavy atom. The van der Waals surface area contributed by atoms with Crippen molar-refractivity contribution in [3.8, 4) is 6.07 Å². The summed E-state index contributed by atoms with van der Waals surface area (Å²) >= 11 is 0. The van der Waals surface area contributed by atoms with E-state index in [0.717, 1.165) is 5.69 Å². The van der Waals surface area contributed by atoms with E-state index in [-0.39, 0.29) is 29.5 Å². The van der Waals surface area contributed by atoms with Crippen molar-refractivity contribution in [3.05, 3.63) is 51.5 Å². The SMILES string of the molecule is CN(C)c1ccc(C#N)c2c1C[C@H]1C[C@H]3[C@H](N(C)C)C(O)=C(C(=O)O)C(=O)[C@@]3(O)C(O)=C1C2=O. The minimum Gasteiger partial charge on any atom is -0.510 e. The van der Waals surface area contributed by atoms with Crippen LogP contribution in [0.5, 0.6) is 0 Å². The smallest absolute Gasteiger partial charge is 0.342 e. The maximum Gasteiger partial charge on any atom is 0.342 e. The summed E-state index contributed by atoms with van der Waals surface area (Å²) in [5, 5.41) is 52.6. The molecule has 0 unspecified atom stereocenters. The Morgan fingerprint density at radius 1 is 1.18 bits per heavy atom. The molecule has 4 atom stereocenters.